The van der Waals surface area contributed by atoms with E-state index in [0.717, 1.165) is 22.6 Å². The molecule has 166 valence electrons. The van der Waals surface area contributed by atoms with Crippen molar-refractivity contribution < 1.29 is 10.2 Å². The smallest absolute Gasteiger partial charge is 0.163 e. The first-order valence-corrected chi connectivity index (χ1v) is 10.9. The molecular formula is C22H29ClN6O2. The van der Waals surface area contributed by atoms with Crippen LogP contribution in [0.3, 0.4) is 0 Å². The van der Waals surface area contributed by atoms with Gasteiger partial charge in [0.2, 0.25) is 0 Å². The molecule has 1 fully saturated rings. The highest BCUT2D eigenvalue weighted by atomic mass is 35.5. The highest BCUT2D eigenvalue weighted by Gasteiger charge is 2.40. The van der Waals surface area contributed by atoms with E-state index in [2.05, 4.69) is 41.7 Å². The van der Waals surface area contributed by atoms with Gasteiger partial charge in [0.25, 0.3) is 0 Å². The van der Waals surface area contributed by atoms with E-state index in [0.29, 0.717) is 25.3 Å². The summed E-state index contributed by atoms with van der Waals surface area (Å²) in [6.45, 7) is 5.75. The second kappa shape index (κ2) is 9.00. The van der Waals surface area contributed by atoms with Crippen molar-refractivity contribution in [2.75, 3.05) is 30.3 Å². The number of aliphatic hydroxyl groups excluding tert-OH is 1. The Labute approximate surface area is 187 Å². The largest absolute Gasteiger partial charge is 0.389 e. The fraction of sp³-hybridized carbons (Fsp3) is 0.455. The van der Waals surface area contributed by atoms with Gasteiger partial charge in [-0.15, -0.1) is 0 Å². The van der Waals surface area contributed by atoms with Crippen LogP contribution in [0.2, 0.25) is 0 Å². The van der Waals surface area contributed by atoms with Crippen LogP contribution in [-0.2, 0) is 6.54 Å². The third-order valence-electron chi connectivity index (χ3n) is 5.79. The van der Waals surface area contributed by atoms with Crippen LogP contribution in [0.1, 0.15) is 37.3 Å². The van der Waals surface area contributed by atoms with Crippen LogP contribution in [0.5, 0.6) is 0 Å². The normalized spacial score (nSPS) is 22.2. The number of piperidine rings is 1. The summed E-state index contributed by atoms with van der Waals surface area (Å²) in [5.74, 6) is 1.67. The lowest BCUT2D eigenvalue weighted by Gasteiger charge is -2.39. The Bertz CT molecular complexity index is 1030. The molecule has 8 nitrogen and oxygen atoms in total. The first-order chi connectivity index (χ1) is 14.9. The Morgan fingerprint density at radius 1 is 1.26 bits per heavy atom. The number of aromatic nitrogens is 3. The maximum absolute atomic E-state index is 10.9. The van der Waals surface area contributed by atoms with Crippen LogP contribution < -0.4 is 10.6 Å². The Morgan fingerprint density at radius 2 is 2.03 bits per heavy atom. The summed E-state index contributed by atoms with van der Waals surface area (Å²) in [5.41, 5.74) is 1.69. The number of β-amino-alcohol motifs (C(OH)–C–C–N with tert-alkyl or cyclic N) is 1. The molecule has 3 aromatic rings. The zero-order valence-corrected chi connectivity index (χ0v) is 18.5. The summed E-state index contributed by atoms with van der Waals surface area (Å²) >= 11 is 5.97. The van der Waals surface area contributed by atoms with Crippen molar-refractivity contribution in [2.45, 2.75) is 44.4 Å². The number of halogens is 1. The van der Waals surface area contributed by atoms with E-state index in [1.165, 1.54) is 4.42 Å². The van der Waals surface area contributed by atoms with Crippen LogP contribution in [0.15, 0.2) is 42.6 Å². The van der Waals surface area contributed by atoms with Gasteiger partial charge in [-0.1, -0.05) is 44.2 Å². The SMILES string of the molecule is CC(C)c1cnn2c(NCc3ccccc3)cc(NC[C@]3(O)CCN(Cl)C[C@H]3O)nc12. The molecule has 0 bridgehead atoms. The molecule has 1 aromatic carbocycles. The average Bonchev–Trinajstić information content (AvgIpc) is 3.19. The van der Waals surface area contributed by atoms with Gasteiger partial charge in [-0.25, -0.2) is 9.40 Å². The molecule has 31 heavy (non-hydrogen) atoms. The van der Waals surface area contributed by atoms with E-state index in [1.54, 1.807) is 4.52 Å². The van der Waals surface area contributed by atoms with Crippen LogP contribution >= 0.6 is 11.8 Å². The topological polar surface area (TPSA) is 98.0 Å². The molecule has 1 aliphatic rings. The van der Waals surface area contributed by atoms with Crippen molar-refractivity contribution in [3.8, 4) is 0 Å². The van der Waals surface area contributed by atoms with Gasteiger partial charge < -0.3 is 20.8 Å². The summed E-state index contributed by atoms with van der Waals surface area (Å²) < 4.78 is 3.30. The minimum absolute atomic E-state index is 0.172. The van der Waals surface area contributed by atoms with Crippen LogP contribution in [0, 0.1) is 0 Å². The maximum atomic E-state index is 10.9. The number of nitrogens with zero attached hydrogens (tertiary/aromatic N) is 4. The fourth-order valence-electron chi connectivity index (χ4n) is 3.77. The molecule has 4 rings (SSSR count). The van der Waals surface area contributed by atoms with Crippen molar-refractivity contribution >= 4 is 29.1 Å². The highest BCUT2D eigenvalue weighted by molar-refractivity contribution is 6.13. The molecule has 4 N–H and O–H groups in total. The molecule has 0 spiro atoms. The first kappa shape index (κ1) is 21.8. The Morgan fingerprint density at radius 3 is 2.74 bits per heavy atom. The van der Waals surface area contributed by atoms with E-state index in [1.807, 2.05) is 30.5 Å². The molecule has 0 saturated carbocycles. The molecule has 0 amide bonds. The summed E-state index contributed by atoms with van der Waals surface area (Å²) in [4.78, 5) is 4.75. The van der Waals surface area contributed by atoms with Gasteiger partial charge in [0.15, 0.2) is 5.65 Å². The highest BCUT2D eigenvalue weighted by Crippen LogP contribution is 2.27. The number of aliphatic hydroxyl groups is 2. The number of rotatable bonds is 7. The minimum Gasteiger partial charge on any atom is -0.389 e. The van der Waals surface area contributed by atoms with Gasteiger partial charge in [0, 0.05) is 37.8 Å². The monoisotopic (exact) mass is 444 g/mol. The predicted molar refractivity (Wildman–Crippen MR) is 122 cm³/mol. The Balaban J connectivity index is 1.59. The maximum Gasteiger partial charge on any atom is 0.163 e. The van der Waals surface area contributed by atoms with Crippen LogP contribution in [0.25, 0.3) is 5.65 Å². The zero-order chi connectivity index (χ0) is 22.0. The number of nitrogens with one attached hydrogen (secondary N) is 2. The van der Waals surface area contributed by atoms with Crippen LogP contribution in [0.4, 0.5) is 11.6 Å². The second-order valence-corrected chi connectivity index (χ2v) is 8.93. The number of fused-ring (bicyclic) bond motifs is 1. The fourth-order valence-corrected chi connectivity index (χ4v) is 3.99. The lowest BCUT2D eigenvalue weighted by molar-refractivity contribution is -0.0966. The average molecular weight is 445 g/mol. The van der Waals surface area contributed by atoms with Crippen molar-refractivity contribution in [3.05, 3.63) is 53.7 Å². The molecule has 0 radical (unpaired) electrons. The van der Waals surface area contributed by atoms with E-state index in [-0.39, 0.29) is 19.0 Å². The van der Waals surface area contributed by atoms with E-state index >= 15 is 0 Å². The van der Waals surface area contributed by atoms with E-state index in [9.17, 15) is 10.2 Å². The Hall–Kier alpha value is -2.39. The molecule has 1 aliphatic heterocycles. The molecule has 0 aliphatic carbocycles. The van der Waals surface area contributed by atoms with Crippen molar-refractivity contribution in [1.29, 1.82) is 0 Å². The van der Waals surface area contributed by atoms with Gasteiger partial charge in [-0.05, 0) is 29.7 Å². The van der Waals surface area contributed by atoms with Crippen molar-refractivity contribution in [3.63, 3.8) is 0 Å². The minimum atomic E-state index is -1.27. The van der Waals surface area contributed by atoms with Crippen LogP contribution in [-0.4, -0.2) is 60.6 Å². The van der Waals surface area contributed by atoms with Gasteiger partial charge in [0.05, 0.1) is 12.3 Å². The summed E-state index contributed by atoms with van der Waals surface area (Å²) in [5, 5.41) is 32.4. The molecular weight excluding hydrogens is 416 g/mol. The van der Waals surface area contributed by atoms with Gasteiger partial charge in [0.1, 0.15) is 17.2 Å². The van der Waals surface area contributed by atoms with Gasteiger partial charge in [-0.2, -0.15) is 9.61 Å². The molecule has 9 heteroatoms. The third-order valence-corrected chi connectivity index (χ3v) is 6.10. The number of hydrogen-bond donors (Lipinski definition) is 4. The predicted octanol–water partition coefficient (Wildman–Crippen LogP) is 2.83. The number of anilines is 2. The lowest BCUT2D eigenvalue weighted by Crippen LogP contribution is -2.56. The molecule has 2 aromatic heterocycles. The van der Waals surface area contributed by atoms with Crippen molar-refractivity contribution in [2.24, 2.45) is 0 Å². The molecule has 3 heterocycles. The van der Waals surface area contributed by atoms with Gasteiger partial charge in [-0.3, -0.25) is 0 Å². The molecule has 2 atom stereocenters. The van der Waals surface area contributed by atoms with E-state index in [4.69, 9.17) is 16.8 Å². The molecule has 0 unspecified atom stereocenters. The summed E-state index contributed by atoms with van der Waals surface area (Å²) in [6, 6.07) is 12.0. The van der Waals surface area contributed by atoms with Crippen molar-refractivity contribution in [1.82, 2.24) is 19.0 Å². The first-order valence-electron chi connectivity index (χ1n) is 10.6. The Kier molecular flexibility index (Phi) is 6.34. The summed E-state index contributed by atoms with van der Waals surface area (Å²) in [7, 11) is 0. The lowest BCUT2D eigenvalue weighted by atomic mass is 9.89. The standard InChI is InChI=1S/C22H29ClN6O2/c1-15(2)17-12-26-29-20(24-11-16-6-4-3-5-7-16)10-19(27-21(17)29)25-14-22(31)8-9-28(23)13-18(22)30/h3-7,10,12,15,18,24,30-31H,8-9,11,13-14H2,1-2H3,(H,25,27)/t18-,22-/m1/s1. The summed E-state index contributed by atoms with van der Waals surface area (Å²) in [6.07, 6.45) is 1.28. The quantitative estimate of drug-likeness (QED) is 0.416. The second-order valence-electron chi connectivity index (χ2n) is 8.45. The third kappa shape index (κ3) is 4.77. The molecule has 1 saturated heterocycles. The van der Waals surface area contributed by atoms with Gasteiger partial charge >= 0.3 is 0 Å². The number of hydrogen-bond acceptors (Lipinski definition) is 7. The zero-order valence-electron chi connectivity index (χ0n) is 17.8. The van der Waals surface area contributed by atoms with E-state index < -0.39 is 11.7 Å². The number of benzene rings is 1.